The zero-order valence-corrected chi connectivity index (χ0v) is 39.7. The number of benzene rings is 4. The van der Waals surface area contributed by atoms with E-state index in [1.54, 1.807) is 35.7 Å². The highest BCUT2D eigenvalue weighted by Crippen LogP contribution is 2.63. The van der Waals surface area contributed by atoms with Gasteiger partial charge >= 0.3 is 6.18 Å². The van der Waals surface area contributed by atoms with Crippen molar-refractivity contribution in [2.75, 3.05) is 6.54 Å². The number of imidazole rings is 1. The Labute approximate surface area is 409 Å². The summed E-state index contributed by atoms with van der Waals surface area (Å²) >= 11 is 1.57. The van der Waals surface area contributed by atoms with Crippen molar-refractivity contribution in [1.29, 1.82) is 0 Å². The SMILES string of the molecule is Cc1ncsc1-c1ccc(CNC(=O)[C@@H]2C[C@@H](O)CN2C(=O)[C@@H]([B]c2ccc(-c3cc4c(Oc5ccc6c(c5)[C@@H]5[C@H](O6)[C@H]5c5nc6ccc(C(F)(F)F)cc6[nH]5)ccnc4[nH]c3=O)cc2)C(C)(C)C)cc1. The van der Waals surface area contributed by atoms with Crippen molar-refractivity contribution in [2.24, 2.45) is 5.41 Å². The Balaban J connectivity index is 0.775. The molecular formula is C53H46BF3N7O6S. The normalized spacial score (nSPS) is 19.8. The number of amides is 2. The maximum absolute atomic E-state index is 14.4. The topological polar surface area (TPSA) is 175 Å². The van der Waals surface area contributed by atoms with E-state index in [9.17, 15) is 32.7 Å². The van der Waals surface area contributed by atoms with Crippen LogP contribution in [0.25, 0.3) is 43.6 Å². The van der Waals surface area contributed by atoms with E-state index in [0.29, 0.717) is 56.3 Å². The second-order valence-electron chi connectivity index (χ2n) is 19.6. The second-order valence-corrected chi connectivity index (χ2v) is 20.4. The van der Waals surface area contributed by atoms with Gasteiger partial charge in [0.1, 0.15) is 40.9 Å². The molecule has 0 unspecified atom stereocenters. The number of fused-ring (bicyclic) bond motifs is 5. The molecule has 2 amide bonds. The molecule has 0 spiro atoms. The number of aryl methyl sites for hydroxylation is 1. The molecule has 4 aromatic heterocycles. The van der Waals surface area contributed by atoms with Crippen LogP contribution in [0, 0.1) is 12.3 Å². The van der Waals surface area contributed by atoms with E-state index < -0.39 is 35.1 Å². The summed E-state index contributed by atoms with van der Waals surface area (Å²) in [5.41, 5.74) is 6.77. The van der Waals surface area contributed by atoms with Gasteiger partial charge < -0.3 is 34.8 Å². The lowest BCUT2D eigenvalue weighted by atomic mass is 9.50. The average Bonchev–Trinajstić information content (AvgIpc) is 3.81. The van der Waals surface area contributed by atoms with Crippen molar-refractivity contribution in [2.45, 2.75) is 82.7 Å². The number of aromatic amines is 2. The molecule has 3 aliphatic rings. The molecular weight excluding hydrogens is 930 g/mol. The van der Waals surface area contributed by atoms with Crippen LogP contribution < -0.4 is 25.8 Å². The summed E-state index contributed by atoms with van der Waals surface area (Å²) in [5, 5.41) is 14.3. The van der Waals surface area contributed by atoms with Crippen LogP contribution in [0.5, 0.6) is 17.2 Å². The van der Waals surface area contributed by atoms with Crippen LogP contribution >= 0.6 is 11.3 Å². The summed E-state index contributed by atoms with van der Waals surface area (Å²) in [4.78, 5) is 63.5. The van der Waals surface area contributed by atoms with Gasteiger partial charge in [-0.15, -0.1) is 11.3 Å². The van der Waals surface area contributed by atoms with Gasteiger partial charge in [-0.2, -0.15) is 13.2 Å². The number of halogens is 3. The summed E-state index contributed by atoms with van der Waals surface area (Å²) in [6, 6.07) is 26.8. The summed E-state index contributed by atoms with van der Waals surface area (Å²) in [6.45, 7) is 8.15. The smallest absolute Gasteiger partial charge is 0.416 e. The maximum Gasteiger partial charge on any atom is 0.416 e. The van der Waals surface area contributed by atoms with Crippen molar-refractivity contribution < 1.29 is 37.3 Å². The third kappa shape index (κ3) is 8.83. The number of thiazole rings is 1. The Morgan fingerprint density at radius 2 is 1.73 bits per heavy atom. The number of hydrogen-bond acceptors (Lipinski definition) is 10. The number of nitrogens with one attached hydrogen (secondary N) is 3. The van der Waals surface area contributed by atoms with E-state index in [0.717, 1.165) is 44.9 Å². The number of aromatic nitrogens is 5. The fourth-order valence-electron chi connectivity index (χ4n) is 9.91. The van der Waals surface area contributed by atoms with Gasteiger partial charge in [0.2, 0.25) is 11.8 Å². The molecule has 4 aromatic carbocycles. The minimum atomic E-state index is -4.47. The van der Waals surface area contributed by atoms with Crippen LogP contribution in [0.2, 0.25) is 5.82 Å². The Hall–Kier alpha value is -7.31. The van der Waals surface area contributed by atoms with E-state index in [1.807, 2.05) is 101 Å². The third-order valence-electron chi connectivity index (χ3n) is 13.7. The molecule has 0 bridgehead atoms. The minimum absolute atomic E-state index is 0.0379. The average molecular weight is 977 g/mol. The number of hydrogen-bond donors (Lipinski definition) is 4. The van der Waals surface area contributed by atoms with E-state index in [-0.39, 0.29) is 54.8 Å². The fraction of sp³-hybridized carbons (Fsp3) is 0.283. The number of β-amino-alcohol motifs (C(OH)–C–C–N with tert-alkyl or cyclic N) is 1. The zero-order chi connectivity index (χ0) is 49.5. The number of carbonyl (C=O) groups excluding carboxylic acids is 2. The molecule has 18 heteroatoms. The van der Waals surface area contributed by atoms with Crippen LogP contribution in [-0.2, 0) is 22.3 Å². The lowest BCUT2D eigenvalue weighted by Gasteiger charge is -2.35. The number of H-pyrrole nitrogens is 2. The first kappa shape index (κ1) is 46.1. The van der Waals surface area contributed by atoms with Gasteiger partial charge in [0.25, 0.3) is 5.56 Å². The molecule has 1 radical (unpaired) electrons. The molecule has 2 fully saturated rings. The summed E-state index contributed by atoms with van der Waals surface area (Å²) in [5.74, 6) is 0.732. The van der Waals surface area contributed by atoms with E-state index in [1.165, 1.54) is 11.0 Å². The third-order valence-corrected chi connectivity index (χ3v) is 14.7. The van der Waals surface area contributed by atoms with E-state index in [2.05, 4.69) is 30.2 Å². The first-order valence-electron chi connectivity index (χ1n) is 23.2. The molecule has 359 valence electrons. The first-order valence-corrected chi connectivity index (χ1v) is 24.1. The van der Waals surface area contributed by atoms with Gasteiger partial charge in [-0.1, -0.05) is 74.8 Å². The van der Waals surface area contributed by atoms with Gasteiger partial charge in [0, 0.05) is 48.6 Å². The van der Waals surface area contributed by atoms with Crippen LogP contribution in [0.1, 0.15) is 67.2 Å². The molecule has 1 saturated heterocycles. The van der Waals surface area contributed by atoms with Gasteiger partial charge in [-0.05, 0) is 77.6 Å². The number of likely N-dealkylation sites (tertiary alicyclic amines) is 1. The predicted molar refractivity (Wildman–Crippen MR) is 264 cm³/mol. The zero-order valence-electron chi connectivity index (χ0n) is 38.9. The molecule has 4 N–H and O–H groups in total. The number of alkyl halides is 3. The number of aliphatic hydroxyl groups is 1. The second kappa shape index (κ2) is 17.5. The molecule has 6 atom stereocenters. The Bertz CT molecular complexity index is 3440. The predicted octanol–water partition coefficient (Wildman–Crippen LogP) is 8.79. The molecule has 71 heavy (non-hydrogen) atoms. The quantitative estimate of drug-likeness (QED) is 0.0924. The van der Waals surface area contributed by atoms with Crippen LogP contribution in [-0.4, -0.2) is 78.8 Å². The van der Waals surface area contributed by atoms with Crippen LogP contribution in [0.4, 0.5) is 13.2 Å². The molecule has 1 aliphatic carbocycles. The van der Waals surface area contributed by atoms with E-state index in [4.69, 9.17) is 9.47 Å². The first-order chi connectivity index (χ1) is 34.0. The molecule has 1 saturated carbocycles. The number of pyridine rings is 2. The van der Waals surface area contributed by atoms with Crippen LogP contribution in [0.3, 0.4) is 0 Å². The van der Waals surface area contributed by atoms with Gasteiger partial charge in [0.05, 0.1) is 50.1 Å². The van der Waals surface area contributed by atoms with Crippen molar-refractivity contribution >= 4 is 58.0 Å². The van der Waals surface area contributed by atoms with E-state index >= 15 is 0 Å². The molecule has 2 aliphatic heterocycles. The highest BCUT2D eigenvalue weighted by atomic mass is 32.1. The van der Waals surface area contributed by atoms with Gasteiger partial charge in [0.15, 0.2) is 7.28 Å². The Morgan fingerprint density at radius 3 is 2.46 bits per heavy atom. The highest BCUT2D eigenvalue weighted by molar-refractivity contribution is 7.13. The van der Waals surface area contributed by atoms with Crippen molar-refractivity contribution in [3.63, 3.8) is 0 Å². The molecule has 11 rings (SSSR count). The summed E-state index contributed by atoms with van der Waals surface area (Å²) in [7, 11) is 1.87. The van der Waals surface area contributed by atoms with Gasteiger partial charge in [-0.25, -0.2) is 15.0 Å². The van der Waals surface area contributed by atoms with Gasteiger partial charge in [-0.3, -0.25) is 14.4 Å². The largest absolute Gasteiger partial charge is 0.489 e. The van der Waals surface area contributed by atoms with Crippen molar-refractivity contribution in [3.05, 3.63) is 147 Å². The minimum Gasteiger partial charge on any atom is -0.489 e. The number of rotatable bonds is 11. The molecule has 6 heterocycles. The number of nitrogens with zero attached hydrogens (tertiary/aromatic N) is 4. The lowest BCUT2D eigenvalue weighted by Crippen LogP contribution is -2.50. The monoisotopic (exact) mass is 976 g/mol. The lowest BCUT2D eigenvalue weighted by molar-refractivity contribution is -0.139. The Morgan fingerprint density at radius 1 is 0.958 bits per heavy atom. The Kier molecular flexibility index (Phi) is 11.4. The molecule has 8 aromatic rings. The van der Waals surface area contributed by atoms with Crippen molar-refractivity contribution in [3.8, 4) is 38.8 Å². The number of aliphatic hydroxyl groups excluding tert-OH is 1. The fourth-order valence-corrected chi connectivity index (χ4v) is 10.7. The maximum atomic E-state index is 14.4. The standard InChI is InChI=1S/C53H46BF3N7O6S/c1-26-45(71-25-60-26)29-7-5-27(6-8-29)23-59-50(67)39-20-32(65)24-64(39)51(68)46(52(2,3)4)54-31-12-9-28(10-13-31)34-22-36-41(17-18-58-47(36)63-49(34)66)69-33-14-16-40-35(21-33)42-43(44(42)70-40)48-61-37-15-11-30(53(55,56)57)19-38(37)62-48/h5-19,21-22,25,32,39,42-44,46,65H,20,23-24H2,1-4H3,(H,59,67)(H,61,62)(H,58,63,66)/t32-,39+,42+,43+,44+,46-/m1/s1. The summed E-state index contributed by atoms with van der Waals surface area (Å²) < 4.78 is 52.8. The molecule has 13 nitrogen and oxygen atoms in total. The number of carbonyl (C=O) groups is 2. The summed E-state index contributed by atoms with van der Waals surface area (Å²) in [6.07, 6.45) is -3.86. The van der Waals surface area contributed by atoms with Crippen LogP contribution in [0.15, 0.2) is 114 Å². The van der Waals surface area contributed by atoms with Crippen molar-refractivity contribution in [1.82, 2.24) is 35.1 Å². The highest BCUT2D eigenvalue weighted by Gasteiger charge is 2.61. The number of ether oxygens (including phenoxy) is 2.